The summed E-state index contributed by atoms with van der Waals surface area (Å²) in [5.74, 6) is 0. The summed E-state index contributed by atoms with van der Waals surface area (Å²) < 4.78 is 3.03. The molecular formula is C13H10IN3. The summed E-state index contributed by atoms with van der Waals surface area (Å²) in [7, 11) is 0. The third-order valence-corrected chi connectivity index (χ3v) is 3.54. The van der Waals surface area contributed by atoms with Crippen LogP contribution in [-0.2, 0) is 0 Å². The van der Waals surface area contributed by atoms with E-state index < -0.39 is 0 Å². The molecular weight excluding hydrogens is 325 g/mol. The second-order valence-corrected chi connectivity index (χ2v) is 4.99. The van der Waals surface area contributed by atoms with Gasteiger partial charge in [0.2, 0.25) is 0 Å². The lowest BCUT2D eigenvalue weighted by Crippen LogP contribution is -1.99. The maximum Gasteiger partial charge on any atom is 0.0787 e. The van der Waals surface area contributed by atoms with Crippen LogP contribution in [0.15, 0.2) is 48.7 Å². The Morgan fingerprint density at radius 3 is 2.76 bits per heavy atom. The molecule has 2 N–H and O–H groups in total. The quantitative estimate of drug-likeness (QED) is 0.548. The van der Waals surface area contributed by atoms with Gasteiger partial charge in [-0.15, -0.1) is 0 Å². The summed E-state index contributed by atoms with van der Waals surface area (Å²) in [4.78, 5) is 0. The van der Waals surface area contributed by atoms with E-state index in [1.54, 1.807) is 0 Å². The van der Waals surface area contributed by atoms with Crippen molar-refractivity contribution >= 4 is 39.2 Å². The predicted molar refractivity (Wildman–Crippen MR) is 78.2 cm³/mol. The molecule has 0 aliphatic rings. The average Bonchev–Trinajstić information content (AvgIpc) is 2.73. The Morgan fingerprint density at radius 1 is 1.12 bits per heavy atom. The summed E-state index contributed by atoms with van der Waals surface area (Å²) in [5.41, 5.74) is 8.69. The molecule has 1 aromatic heterocycles. The Balaban J connectivity index is 2.27. The minimum Gasteiger partial charge on any atom is -0.399 e. The summed E-state index contributed by atoms with van der Waals surface area (Å²) in [6.07, 6.45) is 1.88. The number of rotatable bonds is 1. The van der Waals surface area contributed by atoms with Crippen LogP contribution < -0.4 is 5.73 Å². The number of aromatic nitrogens is 2. The molecule has 0 saturated heterocycles. The topological polar surface area (TPSA) is 43.8 Å². The molecule has 1 heterocycles. The van der Waals surface area contributed by atoms with E-state index in [0.717, 1.165) is 25.8 Å². The summed E-state index contributed by atoms with van der Waals surface area (Å²) in [5, 5.41) is 5.57. The van der Waals surface area contributed by atoms with Crippen molar-refractivity contribution in [1.29, 1.82) is 0 Å². The first-order valence-corrected chi connectivity index (χ1v) is 6.32. The molecule has 2 aromatic carbocycles. The molecule has 0 radical (unpaired) electrons. The molecule has 0 atom stereocenters. The second kappa shape index (κ2) is 4.03. The van der Waals surface area contributed by atoms with E-state index in [0.29, 0.717) is 0 Å². The molecule has 3 aromatic rings. The number of anilines is 1. The number of benzene rings is 2. The zero-order valence-electron chi connectivity index (χ0n) is 8.97. The predicted octanol–water partition coefficient (Wildman–Crippen LogP) is 3.21. The van der Waals surface area contributed by atoms with Crippen LogP contribution in [0.5, 0.6) is 0 Å². The van der Waals surface area contributed by atoms with Crippen molar-refractivity contribution in [2.75, 3.05) is 5.73 Å². The lowest BCUT2D eigenvalue weighted by molar-refractivity contribution is 0.906. The third-order valence-electron chi connectivity index (χ3n) is 2.68. The largest absolute Gasteiger partial charge is 0.399 e. The number of hydrogen-bond acceptors (Lipinski definition) is 2. The van der Waals surface area contributed by atoms with E-state index in [1.807, 2.05) is 41.2 Å². The zero-order valence-corrected chi connectivity index (χ0v) is 11.1. The van der Waals surface area contributed by atoms with E-state index in [9.17, 15) is 0 Å². The fourth-order valence-corrected chi connectivity index (χ4v) is 2.63. The molecule has 0 fully saturated rings. The molecule has 0 aliphatic heterocycles. The van der Waals surface area contributed by atoms with Gasteiger partial charge in [-0.3, -0.25) is 0 Å². The third kappa shape index (κ3) is 1.78. The Morgan fingerprint density at radius 2 is 1.94 bits per heavy atom. The Kier molecular flexibility index (Phi) is 2.51. The zero-order chi connectivity index (χ0) is 11.8. The van der Waals surface area contributed by atoms with E-state index in [-0.39, 0.29) is 0 Å². The smallest absolute Gasteiger partial charge is 0.0787 e. The highest BCUT2D eigenvalue weighted by Gasteiger charge is 2.07. The van der Waals surface area contributed by atoms with Crippen LogP contribution in [0.25, 0.3) is 16.6 Å². The highest BCUT2D eigenvalue weighted by atomic mass is 127. The van der Waals surface area contributed by atoms with Crippen LogP contribution in [0, 0.1) is 3.57 Å². The van der Waals surface area contributed by atoms with Crippen molar-refractivity contribution in [3.05, 3.63) is 52.2 Å². The Hall–Kier alpha value is -1.56. The van der Waals surface area contributed by atoms with Gasteiger partial charge in [0.05, 0.1) is 17.4 Å². The van der Waals surface area contributed by atoms with Gasteiger partial charge < -0.3 is 5.73 Å². The highest BCUT2D eigenvalue weighted by molar-refractivity contribution is 14.1. The molecule has 0 spiro atoms. The van der Waals surface area contributed by atoms with E-state index in [2.05, 4.69) is 39.8 Å². The molecule has 0 bridgehead atoms. The minimum absolute atomic E-state index is 0.773. The van der Waals surface area contributed by atoms with E-state index in [1.165, 1.54) is 0 Å². The van der Waals surface area contributed by atoms with Gasteiger partial charge in [0.15, 0.2) is 0 Å². The lowest BCUT2D eigenvalue weighted by atomic mass is 10.2. The van der Waals surface area contributed by atoms with Gasteiger partial charge in [-0.05, 0) is 46.9 Å². The molecule has 0 aliphatic carbocycles. The first-order valence-electron chi connectivity index (χ1n) is 5.24. The van der Waals surface area contributed by atoms with Gasteiger partial charge in [0, 0.05) is 14.6 Å². The maximum absolute atomic E-state index is 5.76. The van der Waals surface area contributed by atoms with Gasteiger partial charge >= 0.3 is 0 Å². The second-order valence-electron chi connectivity index (χ2n) is 3.83. The number of halogens is 1. The molecule has 84 valence electrons. The van der Waals surface area contributed by atoms with Crippen molar-refractivity contribution in [1.82, 2.24) is 9.78 Å². The van der Waals surface area contributed by atoms with Crippen LogP contribution in [-0.4, -0.2) is 9.78 Å². The van der Waals surface area contributed by atoms with Crippen LogP contribution in [0.2, 0.25) is 0 Å². The maximum atomic E-state index is 5.76. The summed E-state index contributed by atoms with van der Waals surface area (Å²) in [6.45, 7) is 0. The number of nitrogens with two attached hydrogens (primary N) is 1. The van der Waals surface area contributed by atoms with Gasteiger partial charge in [-0.1, -0.05) is 18.2 Å². The van der Waals surface area contributed by atoms with Crippen LogP contribution >= 0.6 is 22.6 Å². The molecule has 0 amide bonds. The Bertz CT molecular complexity index is 688. The minimum atomic E-state index is 0.773. The van der Waals surface area contributed by atoms with Crippen molar-refractivity contribution < 1.29 is 0 Å². The van der Waals surface area contributed by atoms with Crippen molar-refractivity contribution in [3.8, 4) is 5.69 Å². The number of fused-ring (bicyclic) bond motifs is 1. The number of hydrogen-bond donors (Lipinski definition) is 1. The normalized spacial score (nSPS) is 10.9. The van der Waals surface area contributed by atoms with Crippen LogP contribution in [0.4, 0.5) is 5.69 Å². The molecule has 0 saturated carbocycles. The molecule has 3 nitrogen and oxygen atoms in total. The first kappa shape index (κ1) is 10.6. The monoisotopic (exact) mass is 335 g/mol. The number of nitrogen functional groups attached to an aromatic ring is 1. The average molecular weight is 335 g/mol. The summed E-state index contributed by atoms with van der Waals surface area (Å²) >= 11 is 2.28. The fraction of sp³-hybridized carbons (Fsp3) is 0. The molecule has 3 rings (SSSR count). The summed E-state index contributed by atoms with van der Waals surface area (Å²) in [6, 6.07) is 14.0. The Labute approximate surface area is 112 Å². The SMILES string of the molecule is Nc1ccc(-n2ncc3ccccc32)c(I)c1. The van der Waals surface area contributed by atoms with Crippen molar-refractivity contribution in [3.63, 3.8) is 0 Å². The standard InChI is InChI=1S/C13H10IN3/c14-11-7-10(15)5-6-13(11)17-12-4-2-1-3-9(12)8-16-17/h1-8H,15H2. The van der Waals surface area contributed by atoms with Gasteiger partial charge in [-0.25, -0.2) is 4.68 Å². The molecule has 17 heavy (non-hydrogen) atoms. The molecule has 0 unspecified atom stereocenters. The number of para-hydroxylation sites is 1. The lowest BCUT2D eigenvalue weighted by Gasteiger charge is -2.06. The molecule has 4 heteroatoms. The highest BCUT2D eigenvalue weighted by Crippen LogP contribution is 2.23. The van der Waals surface area contributed by atoms with E-state index in [4.69, 9.17) is 5.73 Å². The number of nitrogens with zero attached hydrogens (tertiary/aromatic N) is 2. The van der Waals surface area contributed by atoms with Gasteiger partial charge in [0.1, 0.15) is 0 Å². The first-order chi connectivity index (χ1) is 8.25. The fourth-order valence-electron chi connectivity index (χ4n) is 1.86. The van der Waals surface area contributed by atoms with Gasteiger partial charge in [-0.2, -0.15) is 5.10 Å². The van der Waals surface area contributed by atoms with Crippen molar-refractivity contribution in [2.45, 2.75) is 0 Å². The van der Waals surface area contributed by atoms with Crippen molar-refractivity contribution in [2.24, 2.45) is 0 Å². The van der Waals surface area contributed by atoms with Crippen LogP contribution in [0.1, 0.15) is 0 Å². The van der Waals surface area contributed by atoms with Gasteiger partial charge in [0.25, 0.3) is 0 Å². The van der Waals surface area contributed by atoms with Crippen LogP contribution in [0.3, 0.4) is 0 Å². The van der Waals surface area contributed by atoms with E-state index >= 15 is 0 Å².